The van der Waals surface area contributed by atoms with Crippen molar-refractivity contribution in [3.05, 3.63) is 63.1 Å². The molecule has 0 radical (unpaired) electrons. The van der Waals surface area contributed by atoms with Crippen LogP contribution in [-0.2, 0) is 15.9 Å². The van der Waals surface area contributed by atoms with Crippen LogP contribution in [0.4, 0.5) is 0 Å². The number of hydrogen-bond donors (Lipinski definition) is 2. The Morgan fingerprint density at radius 3 is 3.00 bits per heavy atom. The summed E-state index contributed by atoms with van der Waals surface area (Å²) in [7, 11) is 0. The van der Waals surface area contributed by atoms with Crippen LogP contribution in [0.2, 0.25) is 0 Å². The van der Waals surface area contributed by atoms with Gasteiger partial charge in [-0.25, -0.2) is 4.98 Å². The van der Waals surface area contributed by atoms with Gasteiger partial charge in [-0.2, -0.15) is 0 Å². The second-order valence-electron chi connectivity index (χ2n) is 5.79. The van der Waals surface area contributed by atoms with Crippen LogP contribution in [0, 0.1) is 3.57 Å². The smallest absolute Gasteiger partial charge is 0.229 e. The van der Waals surface area contributed by atoms with Crippen molar-refractivity contribution in [1.82, 2.24) is 15.3 Å². The lowest BCUT2D eigenvalue weighted by atomic mass is 10.0. The Morgan fingerprint density at radius 1 is 1.42 bits per heavy atom. The first-order chi connectivity index (χ1) is 11.8. The molecule has 1 atom stereocenters. The number of unbranched alkanes of at least 4 members (excludes halogenated alkanes) is 1. The van der Waals surface area contributed by atoms with E-state index in [4.69, 9.17) is 9.47 Å². The van der Waals surface area contributed by atoms with E-state index in [-0.39, 0.29) is 6.04 Å². The topological polar surface area (TPSA) is 59.2 Å². The summed E-state index contributed by atoms with van der Waals surface area (Å²) in [6.07, 6.45) is 8.80. The molecule has 0 spiro atoms. The molecule has 6 heteroatoms. The molecule has 0 amide bonds. The van der Waals surface area contributed by atoms with E-state index in [2.05, 4.69) is 63.0 Å². The van der Waals surface area contributed by atoms with E-state index in [1.807, 2.05) is 6.20 Å². The molecular formula is C18H22IN3O2. The Hall–Kier alpha value is -1.54. The predicted octanol–water partition coefficient (Wildman–Crippen LogP) is 3.88. The van der Waals surface area contributed by atoms with Gasteiger partial charge >= 0.3 is 0 Å². The van der Waals surface area contributed by atoms with Gasteiger partial charge in [-0.3, -0.25) is 5.32 Å². The van der Waals surface area contributed by atoms with E-state index in [0.717, 1.165) is 17.9 Å². The number of aromatic amines is 1. The van der Waals surface area contributed by atoms with Crippen LogP contribution in [-0.4, -0.2) is 23.3 Å². The third-order valence-electron chi connectivity index (χ3n) is 4.05. The van der Waals surface area contributed by atoms with Crippen LogP contribution < -0.4 is 5.32 Å². The molecule has 1 aliphatic rings. The molecule has 0 fully saturated rings. The number of benzene rings is 1. The fourth-order valence-electron chi connectivity index (χ4n) is 2.71. The van der Waals surface area contributed by atoms with Gasteiger partial charge < -0.3 is 14.5 Å². The second-order valence-corrected chi connectivity index (χ2v) is 6.95. The minimum atomic E-state index is 0.0336. The zero-order chi connectivity index (χ0) is 16.8. The number of ether oxygens (including phenoxy) is 2. The van der Waals surface area contributed by atoms with E-state index >= 15 is 0 Å². The van der Waals surface area contributed by atoms with Crippen molar-refractivity contribution < 1.29 is 9.47 Å². The molecule has 3 rings (SSSR count). The van der Waals surface area contributed by atoms with Crippen molar-refractivity contribution in [2.24, 2.45) is 0 Å². The molecule has 5 nitrogen and oxygen atoms in total. The fraction of sp³-hybridized carbons (Fsp3) is 0.389. The Bertz CT molecular complexity index is 686. The first-order valence-corrected chi connectivity index (χ1v) is 9.29. The molecule has 1 aromatic carbocycles. The highest BCUT2D eigenvalue weighted by atomic mass is 127. The maximum Gasteiger partial charge on any atom is 0.229 e. The number of halogens is 1. The maximum absolute atomic E-state index is 5.39. The SMILES string of the molecule is CCCCc1ccc(C(NCC2=COCO2)c2cnc[nH]2)cc1I. The van der Waals surface area contributed by atoms with Gasteiger partial charge in [0, 0.05) is 9.77 Å². The highest BCUT2D eigenvalue weighted by molar-refractivity contribution is 14.1. The number of nitrogens with zero attached hydrogens (tertiary/aromatic N) is 1. The fourth-order valence-corrected chi connectivity index (χ4v) is 3.52. The van der Waals surface area contributed by atoms with Gasteiger partial charge in [-0.15, -0.1) is 0 Å². The summed E-state index contributed by atoms with van der Waals surface area (Å²) in [6.45, 7) is 3.14. The van der Waals surface area contributed by atoms with E-state index < -0.39 is 0 Å². The lowest BCUT2D eigenvalue weighted by molar-refractivity contribution is 0.0787. The summed E-state index contributed by atoms with van der Waals surface area (Å²) < 4.78 is 11.8. The van der Waals surface area contributed by atoms with Crippen molar-refractivity contribution in [1.29, 1.82) is 0 Å². The highest BCUT2D eigenvalue weighted by Crippen LogP contribution is 2.25. The average Bonchev–Trinajstić information content (AvgIpc) is 3.28. The lowest BCUT2D eigenvalue weighted by Gasteiger charge is -2.19. The van der Waals surface area contributed by atoms with Crippen LogP contribution in [0.3, 0.4) is 0 Å². The van der Waals surface area contributed by atoms with E-state index in [1.165, 1.54) is 27.5 Å². The van der Waals surface area contributed by atoms with Crippen LogP contribution in [0.15, 0.2) is 42.7 Å². The van der Waals surface area contributed by atoms with Crippen LogP contribution >= 0.6 is 22.6 Å². The van der Waals surface area contributed by atoms with E-state index in [0.29, 0.717) is 13.3 Å². The Labute approximate surface area is 156 Å². The molecule has 0 aliphatic carbocycles. The van der Waals surface area contributed by atoms with Gasteiger partial charge in [0.2, 0.25) is 6.79 Å². The van der Waals surface area contributed by atoms with Crippen molar-refractivity contribution in [2.45, 2.75) is 32.2 Å². The Kier molecular flexibility index (Phi) is 6.14. The molecule has 0 saturated heterocycles. The molecule has 0 saturated carbocycles. The summed E-state index contributed by atoms with van der Waals surface area (Å²) in [5, 5.41) is 3.52. The van der Waals surface area contributed by atoms with Gasteiger partial charge in [0.25, 0.3) is 0 Å². The molecule has 2 heterocycles. The molecule has 2 N–H and O–H groups in total. The normalized spacial score (nSPS) is 14.8. The summed E-state index contributed by atoms with van der Waals surface area (Å²) >= 11 is 2.43. The highest BCUT2D eigenvalue weighted by Gasteiger charge is 2.18. The number of imidazole rings is 1. The van der Waals surface area contributed by atoms with Crippen molar-refractivity contribution >= 4 is 22.6 Å². The van der Waals surface area contributed by atoms with Gasteiger partial charge in [-0.05, 0) is 52.6 Å². The molecule has 0 bridgehead atoms. The minimum absolute atomic E-state index is 0.0336. The molecule has 2 aromatic rings. The first-order valence-electron chi connectivity index (χ1n) is 8.21. The second kappa shape index (κ2) is 8.53. The van der Waals surface area contributed by atoms with Gasteiger partial charge in [0.15, 0.2) is 0 Å². The first kappa shape index (κ1) is 17.3. The zero-order valence-electron chi connectivity index (χ0n) is 13.7. The van der Waals surface area contributed by atoms with Crippen molar-refractivity contribution in [3.63, 3.8) is 0 Å². The van der Waals surface area contributed by atoms with Crippen LogP contribution in [0.1, 0.15) is 42.6 Å². The molecule has 1 aliphatic heterocycles. The molecule has 1 aromatic heterocycles. The van der Waals surface area contributed by atoms with Gasteiger partial charge in [-0.1, -0.05) is 25.5 Å². The third kappa shape index (κ3) is 4.30. The number of nitrogens with one attached hydrogen (secondary N) is 2. The van der Waals surface area contributed by atoms with Gasteiger partial charge in [0.1, 0.15) is 12.0 Å². The molecular weight excluding hydrogens is 417 g/mol. The zero-order valence-corrected chi connectivity index (χ0v) is 15.9. The summed E-state index contributed by atoms with van der Waals surface area (Å²) in [5.74, 6) is 0.814. The van der Waals surface area contributed by atoms with E-state index in [9.17, 15) is 0 Å². The predicted molar refractivity (Wildman–Crippen MR) is 101 cm³/mol. The van der Waals surface area contributed by atoms with Crippen LogP contribution in [0.25, 0.3) is 0 Å². The molecule has 24 heavy (non-hydrogen) atoms. The third-order valence-corrected chi connectivity index (χ3v) is 5.05. The largest absolute Gasteiger partial charge is 0.462 e. The standard InChI is InChI=1S/C18H22IN3O2/c1-2-3-4-13-5-6-14(7-16(13)19)18(17-9-20-11-22-17)21-8-15-10-23-12-24-15/h5-7,9-11,18,21H,2-4,8,12H2,1H3,(H,20,22). The van der Waals surface area contributed by atoms with Gasteiger partial charge in [0.05, 0.1) is 24.6 Å². The average molecular weight is 439 g/mol. The summed E-state index contributed by atoms with van der Waals surface area (Å²) in [5.41, 5.74) is 3.66. The summed E-state index contributed by atoms with van der Waals surface area (Å²) in [6, 6.07) is 6.73. The number of H-pyrrole nitrogens is 1. The Morgan fingerprint density at radius 2 is 2.33 bits per heavy atom. The van der Waals surface area contributed by atoms with Crippen LogP contribution in [0.5, 0.6) is 0 Å². The minimum Gasteiger partial charge on any atom is -0.462 e. The van der Waals surface area contributed by atoms with E-state index in [1.54, 1.807) is 12.6 Å². The number of aromatic nitrogens is 2. The number of hydrogen-bond acceptors (Lipinski definition) is 4. The summed E-state index contributed by atoms with van der Waals surface area (Å²) in [4.78, 5) is 7.37. The maximum atomic E-state index is 5.39. The van der Waals surface area contributed by atoms with Crippen molar-refractivity contribution in [3.8, 4) is 0 Å². The lowest BCUT2D eigenvalue weighted by Crippen LogP contribution is -2.25. The molecule has 1 unspecified atom stereocenters. The molecule has 128 valence electrons. The monoisotopic (exact) mass is 439 g/mol. The quantitative estimate of drug-likeness (QED) is 0.613. The number of aryl methyl sites for hydroxylation is 1. The van der Waals surface area contributed by atoms with Crippen molar-refractivity contribution in [2.75, 3.05) is 13.3 Å². The Balaban J connectivity index is 1.78. The number of rotatable bonds is 8.